The van der Waals surface area contributed by atoms with Gasteiger partial charge in [0.25, 0.3) is 11.7 Å². The molecule has 3 aromatic rings. The number of aliphatic hydroxyl groups excluding tert-OH is 1. The number of halogens is 1. The van der Waals surface area contributed by atoms with Gasteiger partial charge in [-0.2, -0.15) is 0 Å². The zero-order chi connectivity index (χ0) is 22.8. The molecule has 1 aromatic heterocycles. The summed E-state index contributed by atoms with van der Waals surface area (Å²) in [6.45, 7) is 0. The third kappa shape index (κ3) is 3.67. The average Bonchev–Trinajstić information content (AvgIpc) is 3.09. The SMILES string of the molecule is COc1ccc(OC)c([C@@H]2C(=C(O)c3ccc(Cl)cc3)C(=O)C(=O)N2c2cccnc2)c1. The molecular weight excluding hydrogens is 432 g/mol. The van der Waals surface area contributed by atoms with Crippen LogP contribution in [0.4, 0.5) is 5.69 Å². The zero-order valence-corrected chi connectivity index (χ0v) is 18.0. The van der Waals surface area contributed by atoms with Crippen LogP contribution in [0.2, 0.25) is 5.02 Å². The number of aliphatic hydroxyl groups is 1. The van der Waals surface area contributed by atoms with Gasteiger partial charge in [0.05, 0.1) is 37.7 Å². The number of hydrogen-bond acceptors (Lipinski definition) is 6. The predicted octanol–water partition coefficient (Wildman–Crippen LogP) is 4.38. The lowest BCUT2D eigenvalue weighted by molar-refractivity contribution is -0.132. The van der Waals surface area contributed by atoms with E-state index in [1.165, 1.54) is 25.3 Å². The van der Waals surface area contributed by atoms with Crippen LogP contribution in [0, 0.1) is 0 Å². The second kappa shape index (κ2) is 8.72. The Morgan fingerprint density at radius 1 is 1.06 bits per heavy atom. The summed E-state index contributed by atoms with van der Waals surface area (Å²) >= 11 is 5.96. The molecule has 1 amide bonds. The molecule has 1 fully saturated rings. The van der Waals surface area contributed by atoms with Crippen LogP contribution in [-0.2, 0) is 9.59 Å². The molecule has 0 bridgehead atoms. The summed E-state index contributed by atoms with van der Waals surface area (Å²) in [6, 6.07) is 13.8. The van der Waals surface area contributed by atoms with E-state index in [9.17, 15) is 14.7 Å². The number of amides is 1. The van der Waals surface area contributed by atoms with Crippen molar-refractivity contribution in [3.8, 4) is 11.5 Å². The van der Waals surface area contributed by atoms with Gasteiger partial charge in [0, 0.05) is 22.3 Å². The van der Waals surface area contributed by atoms with Gasteiger partial charge >= 0.3 is 0 Å². The van der Waals surface area contributed by atoms with Crippen LogP contribution in [0.25, 0.3) is 5.76 Å². The summed E-state index contributed by atoms with van der Waals surface area (Å²) in [5.74, 6) is -1.00. The van der Waals surface area contributed by atoms with Crippen molar-refractivity contribution in [3.05, 3.63) is 88.7 Å². The maximum absolute atomic E-state index is 13.2. The van der Waals surface area contributed by atoms with Crippen molar-refractivity contribution in [2.75, 3.05) is 19.1 Å². The van der Waals surface area contributed by atoms with E-state index >= 15 is 0 Å². The number of rotatable bonds is 5. The molecular formula is C24H19ClN2O5. The average molecular weight is 451 g/mol. The molecule has 0 radical (unpaired) electrons. The third-order valence-electron chi connectivity index (χ3n) is 5.22. The summed E-state index contributed by atoms with van der Waals surface area (Å²) < 4.78 is 10.9. The van der Waals surface area contributed by atoms with Gasteiger partial charge in [-0.25, -0.2) is 0 Å². The molecule has 8 heteroatoms. The Morgan fingerprint density at radius 2 is 1.81 bits per heavy atom. The maximum Gasteiger partial charge on any atom is 0.300 e. The number of carbonyl (C=O) groups is 2. The Morgan fingerprint density at radius 3 is 2.44 bits per heavy atom. The lowest BCUT2D eigenvalue weighted by atomic mass is 9.94. The van der Waals surface area contributed by atoms with Gasteiger partial charge < -0.3 is 14.6 Å². The molecule has 2 heterocycles. The van der Waals surface area contributed by atoms with Crippen molar-refractivity contribution in [3.63, 3.8) is 0 Å². The first-order chi connectivity index (χ1) is 15.5. The number of anilines is 1. The number of pyridine rings is 1. The van der Waals surface area contributed by atoms with E-state index in [4.69, 9.17) is 21.1 Å². The van der Waals surface area contributed by atoms with Crippen molar-refractivity contribution in [2.45, 2.75) is 6.04 Å². The number of hydrogen-bond donors (Lipinski definition) is 1. The molecule has 1 N–H and O–H groups in total. The first kappa shape index (κ1) is 21.4. The van der Waals surface area contributed by atoms with Gasteiger partial charge in [0.1, 0.15) is 17.3 Å². The lowest BCUT2D eigenvalue weighted by Crippen LogP contribution is -2.29. The number of ketones is 1. The number of methoxy groups -OCH3 is 2. The monoisotopic (exact) mass is 450 g/mol. The van der Waals surface area contributed by atoms with Gasteiger partial charge in [0.2, 0.25) is 0 Å². The van der Waals surface area contributed by atoms with Gasteiger partial charge in [-0.05, 0) is 54.6 Å². The quantitative estimate of drug-likeness (QED) is 0.352. The van der Waals surface area contributed by atoms with Gasteiger partial charge in [-0.3, -0.25) is 19.5 Å². The van der Waals surface area contributed by atoms with Gasteiger partial charge in [-0.1, -0.05) is 11.6 Å². The number of carbonyl (C=O) groups excluding carboxylic acids is 2. The van der Waals surface area contributed by atoms with Crippen LogP contribution < -0.4 is 14.4 Å². The highest BCUT2D eigenvalue weighted by atomic mass is 35.5. The summed E-state index contributed by atoms with van der Waals surface area (Å²) in [6.07, 6.45) is 3.04. The Kier molecular flexibility index (Phi) is 5.83. The molecule has 0 spiro atoms. The lowest BCUT2D eigenvalue weighted by Gasteiger charge is -2.26. The number of ether oxygens (including phenoxy) is 2. The third-order valence-corrected chi connectivity index (χ3v) is 5.47. The molecule has 2 aromatic carbocycles. The van der Waals surface area contributed by atoms with E-state index < -0.39 is 17.7 Å². The second-order valence-corrected chi connectivity index (χ2v) is 7.43. The standard InChI is InChI=1S/C24H19ClN2O5/c1-31-17-9-10-19(32-2)18(12-17)21-20(22(28)14-5-7-15(25)8-6-14)23(29)24(30)27(21)16-4-3-11-26-13-16/h3-13,21,28H,1-2H3/t21-/m1/s1. The zero-order valence-electron chi connectivity index (χ0n) is 17.3. The molecule has 0 saturated carbocycles. The van der Waals surface area contributed by atoms with Gasteiger partial charge in [0.15, 0.2) is 0 Å². The molecule has 32 heavy (non-hydrogen) atoms. The van der Waals surface area contributed by atoms with Gasteiger partial charge in [-0.15, -0.1) is 0 Å². The molecule has 162 valence electrons. The number of nitrogens with zero attached hydrogens (tertiary/aromatic N) is 2. The Balaban J connectivity index is 2.01. The van der Waals surface area contributed by atoms with Crippen molar-refractivity contribution in [2.24, 2.45) is 0 Å². The van der Waals surface area contributed by atoms with Crippen LogP contribution >= 0.6 is 11.6 Å². The Labute approximate surface area is 189 Å². The predicted molar refractivity (Wildman–Crippen MR) is 120 cm³/mol. The van der Waals surface area contributed by atoms with Crippen LogP contribution in [0.15, 0.2) is 72.6 Å². The molecule has 1 atom stereocenters. The summed E-state index contributed by atoms with van der Waals surface area (Å²) in [5.41, 5.74) is 1.16. The highest BCUT2D eigenvalue weighted by Gasteiger charge is 2.48. The molecule has 1 saturated heterocycles. The fourth-order valence-electron chi connectivity index (χ4n) is 3.71. The molecule has 4 rings (SSSR count). The van der Waals surface area contributed by atoms with E-state index in [1.807, 2.05) is 0 Å². The minimum absolute atomic E-state index is 0.0762. The Bertz CT molecular complexity index is 1210. The fourth-order valence-corrected chi connectivity index (χ4v) is 3.83. The summed E-state index contributed by atoms with van der Waals surface area (Å²) in [5, 5.41) is 11.6. The highest BCUT2D eigenvalue weighted by molar-refractivity contribution is 6.51. The maximum atomic E-state index is 13.2. The van der Waals surface area contributed by atoms with E-state index in [0.717, 1.165) is 0 Å². The van der Waals surface area contributed by atoms with E-state index in [0.29, 0.717) is 33.3 Å². The van der Waals surface area contributed by atoms with Crippen LogP contribution in [0.5, 0.6) is 11.5 Å². The van der Waals surface area contributed by atoms with E-state index in [1.54, 1.807) is 60.8 Å². The number of aromatic nitrogens is 1. The van der Waals surface area contributed by atoms with Crippen LogP contribution in [0.3, 0.4) is 0 Å². The molecule has 1 aliphatic rings. The summed E-state index contributed by atoms with van der Waals surface area (Å²) in [4.78, 5) is 31.7. The van der Waals surface area contributed by atoms with E-state index in [2.05, 4.69) is 4.98 Å². The topological polar surface area (TPSA) is 89.0 Å². The molecule has 0 aliphatic carbocycles. The highest BCUT2D eigenvalue weighted by Crippen LogP contribution is 2.45. The van der Waals surface area contributed by atoms with Crippen LogP contribution in [-0.4, -0.2) is 36.0 Å². The fraction of sp³-hybridized carbons (Fsp3) is 0.125. The normalized spacial score (nSPS) is 17.5. The first-order valence-corrected chi connectivity index (χ1v) is 10.0. The van der Waals surface area contributed by atoms with Crippen molar-refractivity contribution >= 4 is 34.7 Å². The first-order valence-electron chi connectivity index (χ1n) is 9.65. The van der Waals surface area contributed by atoms with Crippen LogP contribution in [0.1, 0.15) is 17.2 Å². The molecule has 1 aliphatic heterocycles. The van der Waals surface area contributed by atoms with Crippen molar-refractivity contribution in [1.29, 1.82) is 0 Å². The summed E-state index contributed by atoms with van der Waals surface area (Å²) in [7, 11) is 3.00. The number of Topliss-reactive ketones (excluding diaryl/α,β-unsaturated/α-hetero) is 1. The largest absolute Gasteiger partial charge is 0.507 e. The van der Waals surface area contributed by atoms with Crippen molar-refractivity contribution in [1.82, 2.24) is 4.98 Å². The number of benzene rings is 2. The second-order valence-electron chi connectivity index (χ2n) is 7.00. The molecule has 7 nitrogen and oxygen atoms in total. The van der Waals surface area contributed by atoms with Crippen molar-refractivity contribution < 1.29 is 24.2 Å². The Hall–Kier alpha value is -3.84. The molecule has 0 unspecified atom stereocenters. The minimum atomic E-state index is -0.972. The smallest absolute Gasteiger partial charge is 0.300 e. The van der Waals surface area contributed by atoms with E-state index in [-0.39, 0.29) is 11.3 Å². The minimum Gasteiger partial charge on any atom is -0.507 e.